The molecule has 1 saturated heterocycles. The lowest BCUT2D eigenvalue weighted by molar-refractivity contribution is 0.193. The van der Waals surface area contributed by atoms with Crippen LogP contribution in [0.5, 0.6) is 0 Å². The number of hydrogen-bond donors (Lipinski definition) is 3. The zero-order valence-electron chi connectivity index (χ0n) is 15.2. The van der Waals surface area contributed by atoms with Gasteiger partial charge >= 0.3 is 0 Å². The first-order valence-electron chi connectivity index (χ1n) is 9.32. The summed E-state index contributed by atoms with van der Waals surface area (Å²) in [6.45, 7) is 2.67. The fourth-order valence-electron chi connectivity index (χ4n) is 3.70. The molecule has 0 unspecified atom stereocenters. The molecular weight excluding hydrogens is 332 g/mol. The topological polar surface area (TPSA) is 99.2 Å². The lowest BCUT2D eigenvalue weighted by Crippen LogP contribution is -2.21. The average Bonchev–Trinajstić information content (AvgIpc) is 3.39. The van der Waals surface area contributed by atoms with Gasteiger partial charge in [0.05, 0.1) is 31.1 Å². The molecule has 1 atom stereocenters. The first-order valence-corrected chi connectivity index (χ1v) is 9.32. The second-order valence-electron chi connectivity index (χ2n) is 7.02. The fourth-order valence-corrected chi connectivity index (χ4v) is 3.70. The maximum Gasteiger partial charge on any atom is 0.224 e. The largest absolute Gasteiger partial charge is 0.395 e. The predicted octanol–water partition coefficient (Wildman–Crippen LogP) is 1.23. The third-order valence-electron chi connectivity index (χ3n) is 5.15. The van der Waals surface area contributed by atoms with Crippen LogP contribution in [0.1, 0.15) is 41.4 Å². The van der Waals surface area contributed by atoms with E-state index in [4.69, 9.17) is 9.84 Å². The van der Waals surface area contributed by atoms with Gasteiger partial charge in [-0.3, -0.25) is 5.10 Å². The molecule has 140 valence electrons. The van der Waals surface area contributed by atoms with E-state index in [-0.39, 0.29) is 6.61 Å². The summed E-state index contributed by atoms with van der Waals surface area (Å²) in [5.41, 5.74) is 4.75. The number of nitrogens with one attached hydrogen (secondary N) is 2. The Balaban J connectivity index is 1.57. The average molecular weight is 358 g/mol. The Labute approximate surface area is 153 Å². The summed E-state index contributed by atoms with van der Waals surface area (Å²) in [6, 6.07) is 2.05. The molecule has 2 aromatic rings. The van der Waals surface area contributed by atoms with Crippen LogP contribution in [0.2, 0.25) is 0 Å². The molecule has 8 heteroatoms. The predicted molar refractivity (Wildman–Crippen MR) is 98.5 cm³/mol. The van der Waals surface area contributed by atoms with Crippen molar-refractivity contribution in [3.63, 3.8) is 0 Å². The molecule has 0 aromatic carbocycles. The number of aromatic nitrogens is 4. The van der Waals surface area contributed by atoms with Crippen molar-refractivity contribution < 1.29 is 9.84 Å². The van der Waals surface area contributed by atoms with Crippen LogP contribution in [0.15, 0.2) is 6.07 Å². The molecule has 8 nitrogen and oxygen atoms in total. The molecule has 0 saturated carbocycles. The van der Waals surface area contributed by atoms with Crippen LogP contribution in [-0.4, -0.2) is 58.7 Å². The molecular formula is C18H26N6O2. The standard InChI is InChI=1S/C18H26N6O2/c1-24(10-16-13-3-2-4-14(13)22-23-16)17-9-15(12-5-8-26-11-12)20-18(21-17)19-6-7-25/h9,12,25H,2-8,10-11H2,1H3,(H,22,23)(H,19,20,21)/t12-/m0/s1. The summed E-state index contributed by atoms with van der Waals surface area (Å²) >= 11 is 0. The van der Waals surface area contributed by atoms with E-state index in [1.54, 1.807) is 0 Å². The van der Waals surface area contributed by atoms with Gasteiger partial charge in [0, 0.05) is 37.9 Å². The minimum atomic E-state index is 0.0463. The summed E-state index contributed by atoms with van der Waals surface area (Å²) in [7, 11) is 2.03. The van der Waals surface area contributed by atoms with Crippen LogP contribution in [0.4, 0.5) is 11.8 Å². The zero-order chi connectivity index (χ0) is 17.9. The number of hydrogen-bond acceptors (Lipinski definition) is 7. The highest BCUT2D eigenvalue weighted by atomic mass is 16.5. The molecule has 26 heavy (non-hydrogen) atoms. The molecule has 1 aliphatic carbocycles. The number of ether oxygens (including phenoxy) is 1. The van der Waals surface area contributed by atoms with Gasteiger partial charge in [0.15, 0.2) is 0 Å². The van der Waals surface area contributed by atoms with E-state index < -0.39 is 0 Å². The Morgan fingerprint density at radius 1 is 1.38 bits per heavy atom. The van der Waals surface area contributed by atoms with Gasteiger partial charge in [-0.05, 0) is 31.2 Å². The van der Waals surface area contributed by atoms with Crippen LogP contribution in [0.3, 0.4) is 0 Å². The molecule has 3 heterocycles. The van der Waals surface area contributed by atoms with Gasteiger partial charge in [0.25, 0.3) is 0 Å². The second kappa shape index (κ2) is 7.59. The summed E-state index contributed by atoms with van der Waals surface area (Å²) in [6.07, 6.45) is 4.38. The number of H-pyrrole nitrogens is 1. The summed E-state index contributed by atoms with van der Waals surface area (Å²) in [5, 5.41) is 19.8. The molecule has 2 aromatic heterocycles. The molecule has 2 aliphatic rings. The van der Waals surface area contributed by atoms with Crippen molar-refractivity contribution in [1.82, 2.24) is 20.2 Å². The van der Waals surface area contributed by atoms with Crippen molar-refractivity contribution in [2.24, 2.45) is 0 Å². The highest BCUT2D eigenvalue weighted by Crippen LogP contribution is 2.28. The van der Waals surface area contributed by atoms with Crippen LogP contribution in [0, 0.1) is 0 Å². The van der Waals surface area contributed by atoms with Crippen LogP contribution in [-0.2, 0) is 24.1 Å². The minimum Gasteiger partial charge on any atom is -0.395 e. The van der Waals surface area contributed by atoms with Gasteiger partial charge < -0.3 is 20.1 Å². The molecule has 3 N–H and O–H groups in total. The van der Waals surface area contributed by atoms with E-state index in [2.05, 4.69) is 36.4 Å². The lowest BCUT2D eigenvalue weighted by atomic mass is 10.0. The first kappa shape index (κ1) is 17.2. The van der Waals surface area contributed by atoms with Crippen molar-refractivity contribution >= 4 is 11.8 Å². The molecule has 0 amide bonds. The third-order valence-corrected chi connectivity index (χ3v) is 5.15. The Bertz CT molecular complexity index is 756. The number of aryl methyl sites for hydroxylation is 1. The van der Waals surface area contributed by atoms with Gasteiger partial charge in [-0.25, -0.2) is 4.98 Å². The maximum atomic E-state index is 9.09. The maximum absolute atomic E-state index is 9.09. The molecule has 4 rings (SSSR count). The van der Waals surface area contributed by atoms with Gasteiger partial charge in [-0.15, -0.1) is 0 Å². The minimum absolute atomic E-state index is 0.0463. The first-order chi connectivity index (χ1) is 12.7. The van der Waals surface area contributed by atoms with Gasteiger partial charge in [0.1, 0.15) is 5.82 Å². The number of nitrogens with zero attached hydrogens (tertiary/aromatic N) is 4. The Kier molecular flexibility index (Phi) is 5.03. The van der Waals surface area contributed by atoms with Gasteiger partial charge in [-0.1, -0.05) is 0 Å². The SMILES string of the molecule is CN(Cc1n[nH]c2c1CCC2)c1cc([C@H]2CCOC2)nc(NCCO)n1. The van der Waals surface area contributed by atoms with Crippen molar-refractivity contribution in [3.05, 3.63) is 28.7 Å². The summed E-state index contributed by atoms with van der Waals surface area (Å²) < 4.78 is 5.52. The molecule has 0 spiro atoms. The molecule has 1 aliphatic heterocycles. The third kappa shape index (κ3) is 3.52. The van der Waals surface area contributed by atoms with Crippen LogP contribution in [0.25, 0.3) is 0 Å². The van der Waals surface area contributed by atoms with E-state index in [9.17, 15) is 0 Å². The van der Waals surface area contributed by atoms with Gasteiger partial charge in [-0.2, -0.15) is 10.1 Å². The molecule has 0 radical (unpaired) electrons. The van der Waals surface area contributed by atoms with Crippen LogP contribution < -0.4 is 10.2 Å². The Hall–Kier alpha value is -2.19. The van der Waals surface area contributed by atoms with Crippen molar-refractivity contribution in [1.29, 1.82) is 0 Å². The number of fused-ring (bicyclic) bond motifs is 1. The Morgan fingerprint density at radius 2 is 2.31 bits per heavy atom. The van der Waals surface area contributed by atoms with Crippen molar-refractivity contribution in [3.8, 4) is 0 Å². The van der Waals surface area contributed by atoms with E-state index in [1.807, 2.05) is 7.05 Å². The monoisotopic (exact) mass is 358 g/mol. The van der Waals surface area contributed by atoms with E-state index in [0.717, 1.165) is 43.1 Å². The number of rotatable bonds is 7. The molecule has 0 bridgehead atoms. The van der Waals surface area contributed by atoms with Crippen LogP contribution >= 0.6 is 0 Å². The normalized spacial score (nSPS) is 18.9. The second-order valence-corrected chi connectivity index (χ2v) is 7.02. The highest BCUT2D eigenvalue weighted by molar-refractivity contribution is 5.46. The number of anilines is 2. The lowest BCUT2D eigenvalue weighted by Gasteiger charge is -2.20. The number of aliphatic hydroxyl groups excluding tert-OH is 1. The molecule has 1 fully saturated rings. The summed E-state index contributed by atoms with van der Waals surface area (Å²) in [5.74, 6) is 1.71. The zero-order valence-corrected chi connectivity index (χ0v) is 15.2. The van der Waals surface area contributed by atoms with E-state index in [1.165, 1.54) is 17.7 Å². The van der Waals surface area contributed by atoms with Crippen molar-refractivity contribution in [2.75, 3.05) is 43.6 Å². The quantitative estimate of drug-likeness (QED) is 0.685. The van der Waals surface area contributed by atoms with Crippen molar-refractivity contribution in [2.45, 2.75) is 38.1 Å². The summed E-state index contributed by atoms with van der Waals surface area (Å²) in [4.78, 5) is 11.4. The van der Waals surface area contributed by atoms with Gasteiger partial charge in [0.2, 0.25) is 5.95 Å². The number of aliphatic hydroxyl groups is 1. The fraction of sp³-hybridized carbons (Fsp3) is 0.611. The smallest absolute Gasteiger partial charge is 0.224 e. The number of aromatic amines is 1. The van der Waals surface area contributed by atoms with E-state index >= 15 is 0 Å². The highest BCUT2D eigenvalue weighted by Gasteiger charge is 2.23. The van der Waals surface area contributed by atoms with E-state index in [0.29, 0.717) is 31.6 Å². The Morgan fingerprint density at radius 3 is 3.12 bits per heavy atom.